The summed E-state index contributed by atoms with van der Waals surface area (Å²) in [5.74, 6) is 0.616. The van der Waals surface area contributed by atoms with E-state index in [-0.39, 0.29) is 11.8 Å². The van der Waals surface area contributed by atoms with Crippen LogP contribution >= 0.6 is 0 Å². The summed E-state index contributed by atoms with van der Waals surface area (Å²) in [6.07, 6.45) is 7.84. The second kappa shape index (κ2) is 9.41. The summed E-state index contributed by atoms with van der Waals surface area (Å²) in [6, 6.07) is 4.04. The van der Waals surface area contributed by atoms with Crippen molar-refractivity contribution in [1.82, 2.24) is 15.2 Å². The summed E-state index contributed by atoms with van der Waals surface area (Å²) < 4.78 is 10.5. The molecule has 2 N–H and O–H groups in total. The quantitative estimate of drug-likeness (QED) is 0.683. The monoisotopic (exact) mass is 373 g/mol. The number of nitrogens with one attached hydrogen (secondary N) is 2. The zero-order valence-electron chi connectivity index (χ0n) is 15.8. The minimum absolute atomic E-state index is 0.170. The summed E-state index contributed by atoms with van der Waals surface area (Å²) in [6.45, 7) is 2.75. The summed E-state index contributed by atoms with van der Waals surface area (Å²) in [5, 5.41) is 2.75. The second-order valence-corrected chi connectivity index (χ2v) is 6.75. The number of amides is 2. The molecule has 0 spiro atoms. The van der Waals surface area contributed by atoms with E-state index in [0.717, 1.165) is 50.2 Å². The van der Waals surface area contributed by atoms with Gasteiger partial charge in [0.1, 0.15) is 5.76 Å². The van der Waals surface area contributed by atoms with Crippen LogP contribution in [-0.2, 0) is 25.5 Å². The minimum atomic E-state index is -0.170. The van der Waals surface area contributed by atoms with Crippen LogP contribution in [0.2, 0.25) is 0 Å². The molecule has 0 unspecified atom stereocenters. The van der Waals surface area contributed by atoms with Gasteiger partial charge in [0.2, 0.25) is 5.91 Å². The molecule has 1 aromatic heterocycles. The number of carbonyl (C=O) groups is 2. The fourth-order valence-corrected chi connectivity index (χ4v) is 3.29. The molecule has 2 amide bonds. The maximum atomic E-state index is 12.1. The molecule has 3 rings (SSSR count). The fourth-order valence-electron chi connectivity index (χ4n) is 3.29. The number of morpholine rings is 1. The summed E-state index contributed by atoms with van der Waals surface area (Å²) in [4.78, 5) is 28.8. The van der Waals surface area contributed by atoms with Gasteiger partial charge in [0, 0.05) is 37.0 Å². The summed E-state index contributed by atoms with van der Waals surface area (Å²) in [7, 11) is 1.55. The third-order valence-corrected chi connectivity index (χ3v) is 4.77. The van der Waals surface area contributed by atoms with Gasteiger partial charge in [-0.2, -0.15) is 0 Å². The molecule has 0 radical (unpaired) electrons. The average Bonchev–Trinajstić information content (AvgIpc) is 3.28. The Kier molecular flexibility index (Phi) is 6.70. The number of aromatic nitrogens is 1. The molecular weight excluding hydrogens is 346 g/mol. The summed E-state index contributed by atoms with van der Waals surface area (Å²) >= 11 is 0. The van der Waals surface area contributed by atoms with Crippen molar-refractivity contribution in [2.45, 2.75) is 32.1 Å². The maximum absolute atomic E-state index is 12.1. The molecule has 1 fully saturated rings. The van der Waals surface area contributed by atoms with Gasteiger partial charge in [-0.15, -0.1) is 0 Å². The van der Waals surface area contributed by atoms with Crippen molar-refractivity contribution < 1.29 is 19.1 Å². The van der Waals surface area contributed by atoms with Gasteiger partial charge in [0.25, 0.3) is 5.91 Å². The summed E-state index contributed by atoms with van der Waals surface area (Å²) in [5.41, 5.74) is 2.73. The first kappa shape index (κ1) is 19.2. The molecular formula is C20H27N3O4. The van der Waals surface area contributed by atoms with Gasteiger partial charge in [0.15, 0.2) is 0 Å². The predicted octanol–water partition coefficient (Wildman–Crippen LogP) is 1.98. The van der Waals surface area contributed by atoms with E-state index >= 15 is 0 Å². The average molecular weight is 373 g/mol. The topological polar surface area (TPSA) is 83.7 Å². The van der Waals surface area contributed by atoms with Gasteiger partial charge in [-0.05, 0) is 37.5 Å². The van der Waals surface area contributed by atoms with Crippen molar-refractivity contribution >= 4 is 17.9 Å². The van der Waals surface area contributed by atoms with E-state index in [4.69, 9.17) is 9.47 Å². The van der Waals surface area contributed by atoms with Gasteiger partial charge in [0.05, 0.1) is 26.0 Å². The predicted molar refractivity (Wildman–Crippen MR) is 102 cm³/mol. The normalized spacial score (nSPS) is 18.6. The molecule has 0 atom stereocenters. The van der Waals surface area contributed by atoms with Gasteiger partial charge in [-0.1, -0.05) is 6.42 Å². The number of rotatable bonds is 8. The van der Waals surface area contributed by atoms with Gasteiger partial charge < -0.3 is 24.7 Å². The van der Waals surface area contributed by atoms with Crippen molar-refractivity contribution in [3.05, 3.63) is 41.1 Å². The Morgan fingerprint density at radius 2 is 2.07 bits per heavy atom. The number of unbranched alkanes of at least 4 members (excludes halogenated alkanes) is 2. The number of ether oxygens (including phenoxy) is 2. The zero-order valence-corrected chi connectivity index (χ0v) is 15.8. The third-order valence-electron chi connectivity index (χ3n) is 4.77. The first-order chi connectivity index (χ1) is 13.2. The number of H-pyrrole nitrogens is 1. The molecule has 1 saturated heterocycles. The highest BCUT2D eigenvalue weighted by Gasteiger charge is 2.18. The van der Waals surface area contributed by atoms with Crippen LogP contribution in [0.3, 0.4) is 0 Å². The van der Waals surface area contributed by atoms with E-state index in [0.29, 0.717) is 31.1 Å². The minimum Gasteiger partial charge on any atom is -0.494 e. The molecule has 27 heavy (non-hydrogen) atoms. The SMILES string of the molecule is COC1=CC(=O)N/C1=C\c1ccc(CCCCCC(=O)N2CCOCC2)[nH]1. The van der Waals surface area contributed by atoms with Crippen LogP contribution in [0.1, 0.15) is 37.1 Å². The Hall–Kier alpha value is -2.54. The van der Waals surface area contributed by atoms with Crippen LogP contribution < -0.4 is 5.32 Å². The number of hydrogen-bond acceptors (Lipinski definition) is 4. The smallest absolute Gasteiger partial charge is 0.252 e. The number of hydrogen-bond donors (Lipinski definition) is 2. The lowest BCUT2D eigenvalue weighted by molar-refractivity contribution is -0.135. The van der Waals surface area contributed by atoms with Gasteiger partial charge >= 0.3 is 0 Å². The number of aromatic amines is 1. The van der Waals surface area contributed by atoms with Crippen LogP contribution in [0.25, 0.3) is 6.08 Å². The van der Waals surface area contributed by atoms with Crippen molar-refractivity contribution in [2.24, 2.45) is 0 Å². The lowest BCUT2D eigenvalue weighted by Gasteiger charge is -2.26. The first-order valence-electron chi connectivity index (χ1n) is 9.48. The number of carbonyl (C=O) groups excluding carboxylic acids is 2. The van der Waals surface area contributed by atoms with E-state index in [1.165, 1.54) is 6.08 Å². The largest absolute Gasteiger partial charge is 0.494 e. The van der Waals surface area contributed by atoms with Crippen molar-refractivity contribution in [3.63, 3.8) is 0 Å². The van der Waals surface area contributed by atoms with Gasteiger partial charge in [-0.25, -0.2) is 0 Å². The molecule has 0 aromatic carbocycles. The highest BCUT2D eigenvalue weighted by molar-refractivity contribution is 5.95. The Labute approximate surface area is 159 Å². The molecule has 7 nitrogen and oxygen atoms in total. The highest BCUT2D eigenvalue weighted by atomic mass is 16.5. The zero-order chi connectivity index (χ0) is 19.1. The standard InChI is InChI=1S/C20H27N3O4/c1-26-18-14-19(24)22-17(18)13-16-8-7-15(21-16)5-3-2-4-6-20(25)23-9-11-27-12-10-23/h7-8,13-14,21H,2-6,9-12H2,1H3,(H,22,24)/b17-13-. The Morgan fingerprint density at radius 3 is 2.85 bits per heavy atom. The van der Waals surface area contributed by atoms with E-state index in [1.54, 1.807) is 7.11 Å². The molecule has 3 heterocycles. The lowest BCUT2D eigenvalue weighted by atomic mass is 10.1. The van der Waals surface area contributed by atoms with Crippen LogP contribution in [0, 0.1) is 0 Å². The van der Waals surface area contributed by atoms with Crippen molar-refractivity contribution in [2.75, 3.05) is 33.4 Å². The van der Waals surface area contributed by atoms with Crippen LogP contribution in [0.15, 0.2) is 29.7 Å². The molecule has 1 aromatic rings. The maximum Gasteiger partial charge on any atom is 0.252 e. The molecule has 2 aliphatic rings. The Bertz CT molecular complexity index is 729. The van der Waals surface area contributed by atoms with E-state index in [9.17, 15) is 9.59 Å². The lowest BCUT2D eigenvalue weighted by Crippen LogP contribution is -2.40. The molecule has 7 heteroatoms. The second-order valence-electron chi connectivity index (χ2n) is 6.75. The van der Waals surface area contributed by atoms with Crippen LogP contribution in [-0.4, -0.2) is 55.1 Å². The molecule has 2 aliphatic heterocycles. The van der Waals surface area contributed by atoms with E-state index < -0.39 is 0 Å². The molecule has 146 valence electrons. The number of methoxy groups -OCH3 is 1. The van der Waals surface area contributed by atoms with E-state index in [2.05, 4.69) is 16.4 Å². The first-order valence-corrected chi connectivity index (χ1v) is 9.48. The number of aryl methyl sites for hydroxylation is 1. The Morgan fingerprint density at radius 1 is 1.26 bits per heavy atom. The van der Waals surface area contributed by atoms with E-state index in [1.807, 2.05) is 17.0 Å². The van der Waals surface area contributed by atoms with Crippen molar-refractivity contribution in [1.29, 1.82) is 0 Å². The van der Waals surface area contributed by atoms with Crippen LogP contribution in [0.5, 0.6) is 0 Å². The molecule has 0 bridgehead atoms. The molecule has 0 saturated carbocycles. The Balaban J connectivity index is 1.38. The van der Waals surface area contributed by atoms with Gasteiger partial charge in [-0.3, -0.25) is 9.59 Å². The third kappa shape index (κ3) is 5.47. The highest BCUT2D eigenvalue weighted by Crippen LogP contribution is 2.18. The van der Waals surface area contributed by atoms with Crippen LogP contribution in [0.4, 0.5) is 0 Å². The van der Waals surface area contributed by atoms with Crippen molar-refractivity contribution in [3.8, 4) is 0 Å². The molecule has 0 aliphatic carbocycles. The number of nitrogens with zero attached hydrogens (tertiary/aromatic N) is 1. The fraction of sp³-hybridized carbons (Fsp3) is 0.500.